The van der Waals surface area contributed by atoms with Gasteiger partial charge in [0, 0.05) is 15.1 Å². The molecule has 0 saturated heterocycles. The standard InChI is InChI=1S/C16H12Cl3NO3S/c17-12-4-1-10(2-5-12)7-15(16(20)21)24(22,23)9-11-3-6-13(18)8-14(11)19/h1-8H,9H2,(H2,20,21)/b15-7-. The molecule has 0 aliphatic heterocycles. The van der Waals surface area contributed by atoms with E-state index in [2.05, 4.69) is 0 Å². The summed E-state index contributed by atoms with van der Waals surface area (Å²) >= 11 is 17.6. The molecule has 0 aliphatic rings. The average molecular weight is 405 g/mol. The van der Waals surface area contributed by atoms with Gasteiger partial charge in [0.25, 0.3) is 5.91 Å². The molecule has 8 heteroatoms. The molecule has 0 heterocycles. The van der Waals surface area contributed by atoms with Gasteiger partial charge in [-0.05, 0) is 41.5 Å². The molecule has 0 unspecified atom stereocenters. The van der Waals surface area contributed by atoms with Crippen molar-refractivity contribution in [3.05, 3.63) is 73.6 Å². The Morgan fingerprint density at radius 2 is 1.58 bits per heavy atom. The lowest BCUT2D eigenvalue weighted by atomic mass is 10.2. The van der Waals surface area contributed by atoms with E-state index in [0.29, 0.717) is 21.2 Å². The molecule has 2 rings (SSSR count). The van der Waals surface area contributed by atoms with Crippen LogP contribution in [-0.2, 0) is 20.4 Å². The quantitative estimate of drug-likeness (QED) is 0.762. The van der Waals surface area contributed by atoms with E-state index in [1.165, 1.54) is 24.3 Å². The average Bonchev–Trinajstić information content (AvgIpc) is 2.49. The van der Waals surface area contributed by atoms with Gasteiger partial charge in [-0.15, -0.1) is 0 Å². The van der Waals surface area contributed by atoms with Crippen LogP contribution in [0.25, 0.3) is 6.08 Å². The zero-order chi connectivity index (χ0) is 17.9. The van der Waals surface area contributed by atoms with Gasteiger partial charge in [0.1, 0.15) is 4.91 Å². The van der Waals surface area contributed by atoms with E-state index in [-0.39, 0.29) is 5.02 Å². The Morgan fingerprint density at radius 1 is 1.00 bits per heavy atom. The zero-order valence-corrected chi connectivity index (χ0v) is 15.3. The predicted octanol–water partition coefficient (Wildman–Crippen LogP) is 4.09. The first-order valence-corrected chi connectivity index (χ1v) is 9.41. The van der Waals surface area contributed by atoms with Crippen LogP contribution in [0.1, 0.15) is 11.1 Å². The second kappa shape index (κ2) is 7.57. The second-order valence-corrected chi connectivity index (χ2v) is 8.16. The van der Waals surface area contributed by atoms with Crippen LogP contribution in [0.4, 0.5) is 0 Å². The Hall–Kier alpha value is -1.53. The lowest BCUT2D eigenvalue weighted by Crippen LogP contribution is -2.22. The Bertz CT molecular complexity index is 907. The molecule has 0 atom stereocenters. The lowest BCUT2D eigenvalue weighted by Gasteiger charge is -2.08. The molecule has 0 aromatic heterocycles. The number of sulfone groups is 1. The molecule has 24 heavy (non-hydrogen) atoms. The van der Waals surface area contributed by atoms with Crippen molar-refractivity contribution < 1.29 is 13.2 Å². The summed E-state index contributed by atoms with van der Waals surface area (Å²) in [4.78, 5) is 11.1. The highest BCUT2D eigenvalue weighted by Gasteiger charge is 2.24. The van der Waals surface area contributed by atoms with Crippen LogP contribution in [0.5, 0.6) is 0 Å². The first-order valence-electron chi connectivity index (χ1n) is 6.63. The number of hydrogen-bond acceptors (Lipinski definition) is 3. The minimum atomic E-state index is -3.99. The summed E-state index contributed by atoms with van der Waals surface area (Å²) in [5, 5.41) is 1.07. The Balaban J connectivity index is 2.42. The maximum atomic E-state index is 12.6. The third-order valence-electron chi connectivity index (χ3n) is 3.11. The molecule has 1 amide bonds. The Morgan fingerprint density at radius 3 is 2.12 bits per heavy atom. The van der Waals surface area contributed by atoms with Gasteiger partial charge in [0.2, 0.25) is 0 Å². The zero-order valence-electron chi connectivity index (χ0n) is 12.2. The number of benzene rings is 2. The van der Waals surface area contributed by atoms with Crippen molar-refractivity contribution in [3.63, 3.8) is 0 Å². The fraction of sp³-hybridized carbons (Fsp3) is 0.0625. The van der Waals surface area contributed by atoms with Crippen molar-refractivity contribution in [1.82, 2.24) is 0 Å². The van der Waals surface area contributed by atoms with Crippen molar-refractivity contribution in [2.45, 2.75) is 5.75 Å². The number of amides is 1. The third-order valence-corrected chi connectivity index (χ3v) is 5.63. The van der Waals surface area contributed by atoms with E-state index in [1.54, 1.807) is 24.3 Å². The minimum absolute atomic E-state index is 0.196. The normalized spacial score (nSPS) is 12.2. The van der Waals surface area contributed by atoms with Gasteiger partial charge in [-0.1, -0.05) is 53.0 Å². The molecule has 0 spiro atoms. The van der Waals surface area contributed by atoms with Crippen LogP contribution in [0.3, 0.4) is 0 Å². The van der Waals surface area contributed by atoms with Gasteiger partial charge in [-0.3, -0.25) is 4.79 Å². The van der Waals surface area contributed by atoms with Crippen LogP contribution in [0.15, 0.2) is 47.4 Å². The minimum Gasteiger partial charge on any atom is -0.365 e. The number of halogens is 3. The first kappa shape index (κ1) is 18.8. The topological polar surface area (TPSA) is 77.2 Å². The number of rotatable bonds is 5. The van der Waals surface area contributed by atoms with Gasteiger partial charge in [0.05, 0.1) is 5.75 Å². The molecular weight excluding hydrogens is 393 g/mol. The highest BCUT2D eigenvalue weighted by molar-refractivity contribution is 7.95. The molecule has 0 bridgehead atoms. The van der Waals surface area contributed by atoms with Crippen molar-refractivity contribution >= 4 is 56.6 Å². The molecule has 2 aromatic rings. The summed E-state index contributed by atoms with van der Waals surface area (Å²) in [7, 11) is -3.99. The summed E-state index contributed by atoms with van der Waals surface area (Å²) < 4.78 is 25.1. The van der Waals surface area contributed by atoms with Gasteiger partial charge < -0.3 is 5.73 Å². The van der Waals surface area contributed by atoms with Crippen molar-refractivity contribution in [2.24, 2.45) is 5.73 Å². The van der Waals surface area contributed by atoms with Crippen LogP contribution < -0.4 is 5.73 Å². The monoisotopic (exact) mass is 403 g/mol. The molecular formula is C16H12Cl3NO3S. The third kappa shape index (κ3) is 4.74. The second-order valence-electron chi connectivity index (χ2n) is 4.92. The molecule has 0 saturated carbocycles. The Labute approximate surface area is 154 Å². The van der Waals surface area contributed by atoms with E-state index >= 15 is 0 Å². The Kier molecular flexibility index (Phi) is 5.93. The summed E-state index contributed by atoms with van der Waals surface area (Å²) in [5.41, 5.74) is 6.06. The SMILES string of the molecule is NC(=O)/C(=C/c1ccc(Cl)cc1)S(=O)(=O)Cc1ccc(Cl)cc1Cl. The highest BCUT2D eigenvalue weighted by atomic mass is 35.5. The van der Waals surface area contributed by atoms with Crippen LogP contribution in [0, 0.1) is 0 Å². The van der Waals surface area contributed by atoms with Gasteiger partial charge in [0.15, 0.2) is 9.84 Å². The smallest absolute Gasteiger partial charge is 0.260 e. The molecule has 126 valence electrons. The molecule has 0 fully saturated rings. The summed E-state index contributed by atoms with van der Waals surface area (Å²) in [6, 6.07) is 10.8. The maximum Gasteiger partial charge on any atom is 0.260 e. The predicted molar refractivity (Wildman–Crippen MR) is 97.7 cm³/mol. The number of carbonyl (C=O) groups excluding carboxylic acids is 1. The summed E-state index contributed by atoms with van der Waals surface area (Å²) in [6.07, 6.45) is 1.21. The summed E-state index contributed by atoms with van der Waals surface area (Å²) in [5.74, 6) is -1.51. The van der Waals surface area contributed by atoms with Crippen LogP contribution in [-0.4, -0.2) is 14.3 Å². The largest absolute Gasteiger partial charge is 0.365 e. The fourth-order valence-corrected chi connectivity index (χ4v) is 4.07. The first-order chi connectivity index (χ1) is 11.2. The number of carbonyl (C=O) groups is 1. The van der Waals surface area contributed by atoms with Gasteiger partial charge >= 0.3 is 0 Å². The molecule has 0 aliphatic carbocycles. The van der Waals surface area contributed by atoms with Crippen molar-refractivity contribution in [1.29, 1.82) is 0 Å². The van der Waals surface area contributed by atoms with E-state index in [4.69, 9.17) is 40.5 Å². The van der Waals surface area contributed by atoms with Crippen LogP contribution in [0.2, 0.25) is 15.1 Å². The lowest BCUT2D eigenvalue weighted by molar-refractivity contribution is -0.113. The fourth-order valence-electron chi connectivity index (χ4n) is 1.95. The van der Waals surface area contributed by atoms with E-state index in [1.807, 2.05) is 0 Å². The molecule has 2 aromatic carbocycles. The van der Waals surface area contributed by atoms with Crippen LogP contribution >= 0.6 is 34.8 Å². The van der Waals surface area contributed by atoms with E-state index < -0.39 is 26.4 Å². The number of primary amides is 1. The van der Waals surface area contributed by atoms with E-state index in [0.717, 1.165) is 0 Å². The number of nitrogens with two attached hydrogens (primary N) is 1. The van der Waals surface area contributed by atoms with Crippen molar-refractivity contribution in [2.75, 3.05) is 0 Å². The molecule has 4 nitrogen and oxygen atoms in total. The van der Waals surface area contributed by atoms with E-state index in [9.17, 15) is 13.2 Å². The molecule has 2 N–H and O–H groups in total. The van der Waals surface area contributed by atoms with Gasteiger partial charge in [-0.25, -0.2) is 8.42 Å². The highest BCUT2D eigenvalue weighted by Crippen LogP contribution is 2.25. The summed E-state index contributed by atoms with van der Waals surface area (Å²) in [6.45, 7) is 0. The number of hydrogen-bond donors (Lipinski definition) is 1. The maximum absolute atomic E-state index is 12.6. The van der Waals surface area contributed by atoms with Gasteiger partial charge in [-0.2, -0.15) is 0 Å². The molecule has 0 radical (unpaired) electrons. The van der Waals surface area contributed by atoms with Crippen molar-refractivity contribution in [3.8, 4) is 0 Å².